The molecular formula is C11H20O. The summed E-state index contributed by atoms with van der Waals surface area (Å²) in [7, 11) is 0. The zero-order chi connectivity index (χ0) is 9.35. The summed E-state index contributed by atoms with van der Waals surface area (Å²) in [6.45, 7) is 8.49. The highest BCUT2D eigenvalue weighted by atomic mass is 16.1. The number of rotatable bonds is 1. The van der Waals surface area contributed by atoms with Gasteiger partial charge < -0.3 is 0 Å². The molecule has 0 aromatic carbocycles. The van der Waals surface area contributed by atoms with Crippen molar-refractivity contribution in [3.63, 3.8) is 0 Å². The maximum absolute atomic E-state index is 11.3. The molecule has 0 saturated heterocycles. The van der Waals surface area contributed by atoms with Crippen LogP contribution in [0.25, 0.3) is 0 Å². The minimum Gasteiger partial charge on any atom is -0.300 e. The summed E-state index contributed by atoms with van der Waals surface area (Å²) in [6, 6.07) is 0. The molecule has 1 saturated carbocycles. The average Bonchev–Trinajstić information content (AvgIpc) is 1.94. The molecule has 0 amide bonds. The maximum atomic E-state index is 11.3. The predicted molar refractivity (Wildman–Crippen MR) is 51.0 cm³/mol. The van der Waals surface area contributed by atoms with Crippen LogP contribution < -0.4 is 0 Å². The molecule has 1 aliphatic carbocycles. The number of carbonyl (C=O) groups is 1. The number of hydrogen-bond acceptors (Lipinski definition) is 1. The van der Waals surface area contributed by atoms with Gasteiger partial charge in [0.1, 0.15) is 5.78 Å². The average molecular weight is 168 g/mol. The minimum atomic E-state index is 0.328. The molecule has 0 N–H and O–H groups in total. The third kappa shape index (κ3) is 2.09. The first kappa shape index (κ1) is 9.76. The third-order valence-electron chi connectivity index (χ3n) is 3.26. The second-order valence-corrected chi connectivity index (χ2v) is 5.10. The molecule has 0 aromatic rings. The van der Waals surface area contributed by atoms with Crippen molar-refractivity contribution in [2.75, 3.05) is 0 Å². The number of carbonyl (C=O) groups excluding carboxylic acids is 1. The standard InChI is InChI=1S/C11H20O/c1-8-5-6-11(3,4)7-10(8)9(2)12/h8,10H,5-7H2,1-4H3/t8-,10?/m1/s1. The molecule has 70 valence electrons. The number of ketones is 1. The molecule has 0 spiro atoms. The van der Waals surface area contributed by atoms with E-state index >= 15 is 0 Å². The van der Waals surface area contributed by atoms with E-state index in [1.165, 1.54) is 12.8 Å². The van der Waals surface area contributed by atoms with Crippen molar-refractivity contribution in [3.8, 4) is 0 Å². The van der Waals surface area contributed by atoms with Crippen LogP contribution >= 0.6 is 0 Å². The third-order valence-corrected chi connectivity index (χ3v) is 3.26. The van der Waals surface area contributed by atoms with Crippen LogP contribution in [0.5, 0.6) is 0 Å². The molecular weight excluding hydrogens is 148 g/mol. The quantitative estimate of drug-likeness (QED) is 0.588. The molecule has 1 fully saturated rings. The van der Waals surface area contributed by atoms with Crippen molar-refractivity contribution in [2.24, 2.45) is 17.3 Å². The molecule has 0 bridgehead atoms. The van der Waals surface area contributed by atoms with Gasteiger partial charge in [-0.2, -0.15) is 0 Å². The van der Waals surface area contributed by atoms with Crippen LogP contribution in [-0.2, 0) is 4.79 Å². The zero-order valence-electron chi connectivity index (χ0n) is 8.68. The molecule has 1 nitrogen and oxygen atoms in total. The number of Topliss-reactive ketones (excluding diaryl/α,β-unsaturated/α-hetero) is 1. The van der Waals surface area contributed by atoms with Crippen LogP contribution in [0.1, 0.15) is 47.0 Å². The van der Waals surface area contributed by atoms with E-state index in [0.29, 0.717) is 23.0 Å². The first-order valence-electron chi connectivity index (χ1n) is 4.93. The van der Waals surface area contributed by atoms with E-state index in [2.05, 4.69) is 20.8 Å². The smallest absolute Gasteiger partial charge is 0.133 e. The van der Waals surface area contributed by atoms with Gasteiger partial charge in [0.2, 0.25) is 0 Å². The second kappa shape index (κ2) is 3.20. The highest BCUT2D eigenvalue weighted by molar-refractivity contribution is 5.78. The number of hydrogen-bond donors (Lipinski definition) is 0. The van der Waals surface area contributed by atoms with E-state index in [9.17, 15) is 4.79 Å². The Labute approximate surface area is 75.5 Å². The van der Waals surface area contributed by atoms with Gasteiger partial charge in [0.25, 0.3) is 0 Å². The summed E-state index contributed by atoms with van der Waals surface area (Å²) in [5, 5.41) is 0. The molecule has 12 heavy (non-hydrogen) atoms. The Kier molecular flexibility index (Phi) is 2.60. The maximum Gasteiger partial charge on any atom is 0.133 e. The lowest BCUT2D eigenvalue weighted by molar-refractivity contribution is -0.124. The predicted octanol–water partition coefficient (Wildman–Crippen LogP) is 3.04. The minimum absolute atomic E-state index is 0.328. The first-order chi connectivity index (χ1) is 5.42. The SMILES string of the molecule is CC(=O)C1CC(C)(C)CC[C@H]1C. The Morgan fingerprint density at radius 1 is 1.42 bits per heavy atom. The Bertz CT molecular complexity index is 181. The Hall–Kier alpha value is -0.330. The van der Waals surface area contributed by atoms with Crippen molar-refractivity contribution in [3.05, 3.63) is 0 Å². The van der Waals surface area contributed by atoms with E-state index in [4.69, 9.17) is 0 Å². The van der Waals surface area contributed by atoms with Crippen molar-refractivity contribution >= 4 is 5.78 Å². The highest BCUT2D eigenvalue weighted by Crippen LogP contribution is 2.41. The molecule has 0 radical (unpaired) electrons. The summed E-state index contributed by atoms with van der Waals surface area (Å²) in [4.78, 5) is 11.3. The normalized spacial score (nSPS) is 34.7. The lowest BCUT2D eigenvalue weighted by Crippen LogP contribution is -2.32. The van der Waals surface area contributed by atoms with Crippen LogP contribution in [0.3, 0.4) is 0 Å². The van der Waals surface area contributed by atoms with Crippen molar-refractivity contribution < 1.29 is 4.79 Å². The van der Waals surface area contributed by atoms with Crippen LogP contribution in [0, 0.1) is 17.3 Å². The first-order valence-corrected chi connectivity index (χ1v) is 4.93. The van der Waals surface area contributed by atoms with Gasteiger partial charge in [-0.05, 0) is 37.5 Å². The lowest BCUT2D eigenvalue weighted by Gasteiger charge is -2.38. The Morgan fingerprint density at radius 2 is 2.00 bits per heavy atom. The lowest BCUT2D eigenvalue weighted by atomic mass is 9.67. The van der Waals surface area contributed by atoms with Crippen molar-refractivity contribution in [2.45, 2.75) is 47.0 Å². The zero-order valence-corrected chi connectivity index (χ0v) is 8.68. The Balaban J connectivity index is 2.66. The molecule has 1 aliphatic rings. The summed E-state index contributed by atoms with van der Waals surface area (Å²) in [6.07, 6.45) is 3.58. The van der Waals surface area contributed by atoms with E-state index < -0.39 is 0 Å². The summed E-state index contributed by atoms with van der Waals surface area (Å²) in [5.41, 5.74) is 0.392. The molecule has 0 aliphatic heterocycles. The van der Waals surface area contributed by atoms with Crippen LogP contribution in [0.2, 0.25) is 0 Å². The van der Waals surface area contributed by atoms with E-state index in [0.717, 1.165) is 6.42 Å². The topological polar surface area (TPSA) is 17.1 Å². The largest absolute Gasteiger partial charge is 0.300 e. The van der Waals surface area contributed by atoms with Gasteiger partial charge in [0.05, 0.1) is 0 Å². The van der Waals surface area contributed by atoms with Gasteiger partial charge in [-0.25, -0.2) is 0 Å². The van der Waals surface area contributed by atoms with Crippen molar-refractivity contribution in [1.82, 2.24) is 0 Å². The fraction of sp³-hybridized carbons (Fsp3) is 0.909. The highest BCUT2D eigenvalue weighted by Gasteiger charge is 2.34. The van der Waals surface area contributed by atoms with E-state index in [-0.39, 0.29) is 0 Å². The van der Waals surface area contributed by atoms with Crippen LogP contribution in [0.15, 0.2) is 0 Å². The van der Waals surface area contributed by atoms with Gasteiger partial charge in [0.15, 0.2) is 0 Å². The summed E-state index contributed by atoms with van der Waals surface area (Å²) < 4.78 is 0. The van der Waals surface area contributed by atoms with Crippen molar-refractivity contribution in [1.29, 1.82) is 0 Å². The van der Waals surface area contributed by atoms with E-state index in [1.807, 2.05) is 0 Å². The van der Waals surface area contributed by atoms with Gasteiger partial charge in [-0.3, -0.25) is 4.79 Å². The molecule has 1 rings (SSSR count). The molecule has 0 heterocycles. The van der Waals surface area contributed by atoms with Gasteiger partial charge in [0, 0.05) is 5.92 Å². The van der Waals surface area contributed by atoms with Gasteiger partial charge in [-0.15, -0.1) is 0 Å². The van der Waals surface area contributed by atoms with Gasteiger partial charge >= 0.3 is 0 Å². The molecule has 0 aromatic heterocycles. The summed E-state index contributed by atoms with van der Waals surface area (Å²) >= 11 is 0. The molecule has 1 heteroatoms. The second-order valence-electron chi connectivity index (χ2n) is 5.10. The fourth-order valence-corrected chi connectivity index (χ4v) is 2.26. The van der Waals surface area contributed by atoms with Crippen LogP contribution in [0.4, 0.5) is 0 Å². The molecule has 2 atom stereocenters. The van der Waals surface area contributed by atoms with E-state index in [1.54, 1.807) is 6.92 Å². The fourth-order valence-electron chi connectivity index (χ4n) is 2.26. The Morgan fingerprint density at radius 3 is 2.42 bits per heavy atom. The monoisotopic (exact) mass is 168 g/mol. The van der Waals surface area contributed by atoms with Crippen LogP contribution in [-0.4, -0.2) is 5.78 Å². The molecule has 1 unspecified atom stereocenters. The van der Waals surface area contributed by atoms with Gasteiger partial charge in [-0.1, -0.05) is 20.8 Å². The summed E-state index contributed by atoms with van der Waals surface area (Å²) in [5.74, 6) is 1.32.